The van der Waals surface area contributed by atoms with Gasteiger partial charge in [0.2, 0.25) is 5.95 Å². The Balaban J connectivity index is 2.74. The predicted molar refractivity (Wildman–Crippen MR) is 49.0 cm³/mol. The van der Waals surface area contributed by atoms with E-state index in [9.17, 15) is 4.39 Å². The number of halogens is 1. The number of aliphatic hydroxyl groups excluding tert-OH is 1. The summed E-state index contributed by atoms with van der Waals surface area (Å²) in [4.78, 5) is 7.22. The maximum Gasteiger partial charge on any atom is 0.217 e. The molecule has 1 aromatic rings. The maximum atomic E-state index is 12.6. The van der Waals surface area contributed by atoms with Crippen molar-refractivity contribution < 1.29 is 9.50 Å². The highest BCUT2D eigenvalue weighted by Gasteiger charge is 2.19. The predicted octanol–water partition coefficient (Wildman–Crippen LogP) is 1.48. The summed E-state index contributed by atoms with van der Waals surface area (Å²) in [5.74, 6) is -0.550. The molecule has 13 heavy (non-hydrogen) atoms. The van der Waals surface area contributed by atoms with Crippen LogP contribution in [-0.4, -0.2) is 26.4 Å². The molecule has 1 aromatic heterocycles. The SMILES string of the molecule is CC(C)(CO)Sc1cc(F)ncn1. The topological polar surface area (TPSA) is 46.0 Å². The Labute approximate surface area is 80.4 Å². The van der Waals surface area contributed by atoms with E-state index in [2.05, 4.69) is 9.97 Å². The van der Waals surface area contributed by atoms with Crippen LogP contribution in [0.5, 0.6) is 0 Å². The highest BCUT2D eigenvalue weighted by molar-refractivity contribution is 8.00. The second-order valence-corrected chi connectivity index (χ2v) is 4.93. The van der Waals surface area contributed by atoms with E-state index in [0.717, 1.165) is 0 Å². The van der Waals surface area contributed by atoms with Crippen molar-refractivity contribution in [3.05, 3.63) is 18.3 Å². The summed E-state index contributed by atoms with van der Waals surface area (Å²) in [5, 5.41) is 9.50. The molecule has 0 unspecified atom stereocenters. The van der Waals surface area contributed by atoms with Crippen molar-refractivity contribution in [2.24, 2.45) is 0 Å². The Hall–Kier alpha value is -0.680. The quantitative estimate of drug-likeness (QED) is 0.595. The Morgan fingerprint density at radius 1 is 1.54 bits per heavy atom. The Bertz CT molecular complexity index is 293. The van der Waals surface area contributed by atoms with Crippen LogP contribution in [0.3, 0.4) is 0 Å². The molecule has 0 atom stereocenters. The molecule has 0 aliphatic heterocycles. The van der Waals surface area contributed by atoms with E-state index in [1.165, 1.54) is 24.2 Å². The van der Waals surface area contributed by atoms with Gasteiger partial charge in [-0.15, -0.1) is 0 Å². The van der Waals surface area contributed by atoms with Crippen LogP contribution >= 0.6 is 11.8 Å². The first-order chi connectivity index (χ1) is 6.03. The summed E-state index contributed by atoms with van der Waals surface area (Å²) in [6, 6.07) is 1.25. The lowest BCUT2D eigenvalue weighted by Gasteiger charge is -2.19. The van der Waals surface area contributed by atoms with Crippen molar-refractivity contribution in [1.82, 2.24) is 9.97 Å². The minimum atomic E-state index is -0.550. The molecule has 1 heterocycles. The van der Waals surface area contributed by atoms with Crippen LogP contribution in [0.2, 0.25) is 0 Å². The summed E-state index contributed by atoms with van der Waals surface area (Å²) < 4.78 is 12.3. The average Bonchev–Trinajstić information content (AvgIpc) is 2.03. The lowest BCUT2D eigenvalue weighted by atomic mass is 10.2. The first-order valence-electron chi connectivity index (χ1n) is 3.81. The molecule has 5 heteroatoms. The van der Waals surface area contributed by atoms with Gasteiger partial charge in [0.25, 0.3) is 0 Å². The van der Waals surface area contributed by atoms with E-state index < -0.39 is 5.95 Å². The van der Waals surface area contributed by atoms with E-state index in [4.69, 9.17) is 5.11 Å². The zero-order valence-electron chi connectivity index (χ0n) is 7.49. The Morgan fingerprint density at radius 2 is 2.23 bits per heavy atom. The summed E-state index contributed by atoms with van der Waals surface area (Å²) in [6.07, 6.45) is 1.17. The normalized spacial score (nSPS) is 11.7. The smallest absolute Gasteiger partial charge is 0.217 e. The summed E-state index contributed by atoms with van der Waals surface area (Å²) in [5.41, 5.74) is 0. The Kier molecular flexibility index (Phi) is 3.22. The van der Waals surface area contributed by atoms with Gasteiger partial charge in [-0.3, -0.25) is 0 Å². The first-order valence-corrected chi connectivity index (χ1v) is 4.62. The number of rotatable bonds is 3. The number of thioether (sulfide) groups is 1. The monoisotopic (exact) mass is 202 g/mol. The van der Waals surface area contributed by atoms with Crippen LogP contribution in [0, 0.1) is 5.95 Å². The number of nitrogens with zero attached hydrogens (tertiary/aromatic N) is 2. The standard InChI is InChI=1S/C8H11FN2OS/c1-8(2,4-12)13-7-3-6(9)10-5-11-7/h3,5,12H,4H2,1-2H3. The van der Waals surface area contributed by atoms with Crippen molar-refractivity contribution >= 4 is 11.8 Å². The third-order valence-corrected chi connectivity index (χ3v) is 2.48. The molecule has 0 aliphatic rings. The van der Waals surface area contributed by atoms with Crippen molar-refractivity contribution in [1.29, 1.82) is 0 Å². The van der Waals surface area contributed by atoms with Gasteiger partial charge in [0.1, 0.15) is 11.4 Å². The molecule has 0 saturated heterocycles. The molecule has 0 aromatic carbocycles. The number of hydrogen-bond acceptors (Lipinski definition) is 4. The van der Waals surface area contributed by atoms with E-state index in [1.54, 1.807) is 0 Å². The molecule has 1 N–H and O–H groups in total. The van der Waals surface area contributed by atoms with Crippen molar-refractivity contribution in [2.45, 2.75) is 23.6 Å². The molecule has 0 aliphatic carbocycles. The fourth-order valence-electron chi connectivity index (χ4n) is 0.689. The zero-order valence-corrected chi connectivity index (χ0v) is 8.31. The van der Waals surface area contributed by atoms with Crippen LogP contribution in [-0.2, 0) is 0 Å². The van der Waals surface area contributed by atoms with Crippen LogP contribution < -0.4 is 0 Å². The van der Waals surface area contributed by atoms with E-state index >= 15 is 0 Å². The van der Waals surface area contributed by atoms with Gasteiger partial charge in [-0.1, -0.05) is 11.8 Å². The second-order valence-electron chi connectivity index (χ2n) is 3.20. The average molecular weight is 202 g/mol. The minimum Gasteiger partial charge on any atom is -0.395 e. The maximum absolute atomic E-state index is 12.6. The molecule has 0 spiro atoms. The van der Waals surface area contributed by atoms with Gasteiger partial charge in [-0.05, 0) is 13.8 Å². The van der Waals surface area contributed by atoms with Gasteiger partial charge in [-0.2, -0.15) is 4.39 Å². The van der Waals surface area contributed by atoms with Gasteiger partial charge < -0.3 is 5.11 Å². The van der Waals surface area contributed by atoms with Crippen molar-refractivity contribution in [2.75, 3.05) is 6.61 Å². The summed E-state index contributed by atoms with van der Waals surface area (Å²) >= 11 is 1.32. The van der Waals surface area contributed by atoms with Crippen LogP contribution in [0.4, 0.5) is 4.39 Å². The van der Waals surface area contributed by atoms with E-state index in [1.807, 2.05) is 13.8 Å². The third kappa shape index (κ3) is 3.28. The lowest BCUT2D eigenvalue weighted by Crippen LogP contribution is -2.19. The van der Waals surface area contributed by atoms with Crippen molar-refractivity contribution in [3.8, 4) is 0 Å². The molecule has 0 bridgehead atoms. The van der Waals surface area contributed by atoms with Crippen LogP contribution in [0.15, 0.2) is 17.4 Å². The highest BCUT2D eigenvalue weighted by Crippen LogP contribution is 2.30. The number of hydrogen-bond donors (Lipinski definition) is 1. The highest BCUT2D eigenvalue weighted by atomic mass is 32.2. The van der Waals surface area contributed by atoms with Gasteiger partial charge in [0, 0.05) is 10.8 Å². The van der Waals surface area contributed by atoms with Gasteiger partial charge >= 0.3 is 0 Å². The first kappa shape index (κ1) is 10.4. The third-order valence-electron chi connectivity index (χ3n) is 1.37. The van der Waals surface area contributed by atoms with E-state index in [0.29, 0.717) is 5.03 Å². The molecule has 0 amide bonds. The number of aliphatic hydroxyl groups is 1. The fourth-order valence-corrected chi connectivity index (χ4v) is 1.58. The Morgan fingerprint density at radius 3 is 2.77 bits per heavy atom. The number of aromatic nitrogens is 2. The minimum absolute atomic E-state index is 0.0172. The molecule has 1 rings (SSSR count). The van der Waals surface area contributed by atoms with Gasteiger partial charge in [0.05, 0.1) is 6.61 Å². The molecule has 0 fully saturated rings. The van der Waals surface area contributed by atoms with Crippen LogP contribution in [0.25, 0.3) is 0 Å². The zero-order chi connectivity index (χ0) is 9.90. The fraction of sp³-hybridized carbons (Fsp3) is 0.500. The molecule has 72 valence electrons. The summed E-state index contributed by atoms with van der Waals surface area (Å²) in [6.45, 7) is 3.73. The van der Waals surface area contributed by atoms with Gasteiger partial charge in [-0.25, -0.2) is 9.97 Å². The lowest BCUT2D eigenvalue weighted by molar-refractivity contribution is 0.265. The van der Waals surface area contributed by atoms with Gasteiger partial charge in [0.15, 0.2) is 0 Å². The molecule has 0 radical (unpaired) electrons. The largest absolute Gasteiger partial charge is 0.395 e. The summed E-state index contributed by atoms with van der Waals surface area (Å²) in [7, 11) is 0. The second kappa shape index (κ2) is 4.02. The molecular weight excluding hydrogens is 191 g/mol. The van der Waals surface area contributed by atoms with E-state index in [-0.39, 0.29) is 11.4 Å². The molecular formula is C8H11FN2OS. The molecule has 3 nitrogen and oxygen atoms in total. The van der Waals surface area contributed by atoms with Crippen LogP contribution in [0.1, 0.15) is 13.8 Å². The van der Waals surface area contributed by atoms with Crippen molar-refractivity contribution in [3.63, 3.8) is 0 Å². The molecule has 0 saturated carbocycles.